The van der Waals surface area contributed by atoms with Gasteiger partial charge in [-0.15, -0.1) is 0 Å². The van der Waals surface area contributed by atoms with Crippen LogP contribution >= 0.6 is 0 Å². The van der Waals surface area contributed by atoms with Gasteiger partial charge in [-0.25, -0.2) is 8.78 Å². The first-order chi connectivity index (χ1) is 8.25. The van der Waals surface area contributed by atoms with Gasteiger partial charge in [-0.05, 0) is 31.4 Å². The van der Waals surface area contributed by atoms with Crippen LogP contribution in [0, 0.1) is 6.92 Å². The number of alkyl halides is 2. The van der Waals surface area contributed by atoms with E-state index in [0.717, 1.165) is 25.3 Å². The van der Waals surface area contributed by atoms with E-state index in [-0.39, 0.29) is 11.3 Å². The van der Waals surface area contributed by atoms with E-state index < -0.39 is 11.5 Å². The summed E-state index contributed by atoms with van der Waals surface area (Å²) >= 11 is 0. The van der Waals surface area contributed by atoms with E-state index in [1.807, 2.05) is 6.07 Å². The summed E-state index contributed by atoms with van der Waals surface area (Å²) in [7, 11) is 1.39. The summed E-state index contributed by atoms with van der Waals surface area (Å²) in [6.07, 6.45) is 1.82. The number of hydrogen-bond donors (Lipinski definition) is 1. The van der Waals surface area contributed by atoms with E-state index in [0.29, 0.717) is 12.0 Å². The molecule has 18 heavy (non-hydrogen) atoms. The lowest BCUT2D eigenvalue weighted by molar-refractivity contribution is 0.0147. The largest absolute Gasteiger partial charge is 0.496 e. The van der Waals surface area contributed by atoms with Gasteiger partial charge in [0.25, 0.3) is 5.92 Å². The maximum atomic E-state index is 13.6. The first kappa shape index (κ1) is 13.3. The fraction of sp³-hybridized carbons (Fsp3) is 0.571. The summed E-state index contributed by atoms with van der Waals surface area (Å²) < 4.78 is 32.3. The Hall–Kier alpha value is -1.16. The third kappa shape index (κ3) is 2.64. The van der Waals surface area contributed by atoms with Gasteiger partial charge in [0.05, 0.1) is 18.3 Å². The van der Waals surface area contributed by atoms with Crippen molar-refractivity contribution in [3.63, 3.8) is 0 Å². The molecular weight excluding hydrogens is 238 g/mol. The van der Waals surface area contributed by atoms with Gasteiger partial charge in [-0.3, -0.25) is 0 Å². The number of halogens is 2. The van der Waals surface area contributed by atoms with Crippen LogP contribution in [0.4, 0.5) is 8.78 Å². The average Bonchev–Trinajstić information content (AvgIpc) is 2.94. The van der Waals surface area contributed by atoms with Crippen molar-refractivity contribution in [3.05, 3.63) is 28.8 Å². The minimum Gasteiger partial charge on any atom is -0.496 e. The van der Waals surface area contributed by atoms with Gasteiger partial charge in [-0.2, -0.15) is 0 Å². The van der Waals surface area contributed by atoms with Crippen LogP contribution in [0.15, 0.2) is 12.1 Å². The zero-order valence-corrected chi connectivity index (χ0v) is 10.9. The SMILES string of the molecule is COc1c(CC2(O)CC2)cc(C)cc1C(C)(F)F. The Bertz CT molecular complexity index is 460. The molecule has 0 aromatic heterocycles. The van der Waals surface area contributed by atoms with Crippen LogP contribution in [0.5, 0.6) is 5.75 Å². The van der Waals surface area contributed by atoms with E-state index in [1.54, 1.807) is 6.92 Å². The van der Waals surface area contributed by atoms with Gasteiger partial charge in [0.15, 0.2) is 0 Å². The molecule has 0 aliphatic heterocycles. The van der Waals surface area contributed by atoms with Gasteiger partial charge < -0.3 is 9.84 Å². The van der Waals surface area contributed by atoms with E-state index >= 15 is 0 Å². The summed E-state index contributed by atoms with van der Waals surface area (Å²) in [5.74, 6) is -2.74. The van der Waals surface area contributed by atoms with Gasteiger partial charge >= 0.3 is 0 Å². The van der Waals surface area contributed by atoms with Crippen molar-refractivity contribution in [1.29, 1.82) is 0 Å². The van der Waals surface area contributed by atoms with Crippen LogP contribution < -0.4 is 4.74 Å². The van der Waals surface area contributed by atoms with Crippen LogP contribution in [0.2, 0.25) is 0 Å². The quantitative estimate of drug-likeness (QED) is 0.896. The molecule has 0 radical (unpaired) electrons. The zero-order valence-electron chi connectivity index (χ0n) is 10.9. The lowest BCUT2D eigenvalue weighted by atomic mass is 9.96. The molecule has 1 aromatic carbocycles. The summed E-state index contributed by atoms with van der Waals surface area (Å²) in [6, 6.07) is 3.25. The third-order valence-corrected chi connectivity index (χ3v) is 3.33. The van der Waals surface area contributed by atoms with E-state index in [2.05, 4.69) is 0 Å². The number of benzene rings is 1. The number of aliphatic hydroxyl groups is 1. The van der Waals surface area contributed by atoms with Crippen molar-refractivity contribution in [1.82, 2.24) is 0 Å². The molecule has 0 atom stereocenters. The Morgan fingerprint density at radius 3 is 2.44 bits per heavy atom. The highest BCUT2D eigenvalue weighted by Gasteiger charge is 2.41. The van der Waals surface area contributed by atoms with Crippen LogP contribution in [0.1, 0.15) is 36.5 Å². The number of hydrogen-bond acceptors (Lipinski definition) is 2. The van der Waals surface area contributed by atoms with Gasteiger partial charge in [0, 0.05) is 13.3 Å². The van der Waals surface area contributed by atoms with Gasteiger partial charge in [0.1, 0.15) is 5.75 Å². The zero-order chi connectivity index (χ0) is 13.6. The molecule has 1 aliphatic rings. The molecule has 0 bridgehead atoms. The fourth-order valence-corrected chi connectivity index (χ4v) is 2.22. The van der Waals surface area contributed by atoms with Crippen LogP contribution in [0.25, 0.3) is 0 Å². The van der Waals surface area contributed by atoms with Gasteiger partial charge in [0.2, 0.25) is 0 Å². The van der Waals surface area contributed by atoms with Crippen LogP contribution in [-0.2, 0) is 12.3 Å². The Kier molecular flexibility index (Phi) is 3.09. The molecule has 1 N–H and O–H groups in total. The molecule has 1 aromatic rings. The standard InChI is InChI=1S/C14H18F2O2/c1-9-6-10(8-14(17)4-5-14)12(18-3)11(7-9)13(2,15)16/h6-7,17H,4-5,8H2,1-3H3. The van der Waals surface area contributed by atoms with Crippen molar-refractivity contribution in [2.45, 2.75) is 44.6 Å². The van der Waals surface area contributed by atoms with Crippen LogP contribution in [0.3, 0.4) is 0 Å². The first-order valence-corrected chi connectivity index (χ1v) is 6.03. The highest BCUT2D eigenvalue weighted by atomic mass is 19.3. The molecule has 100 valence electrons. The molecule has 2 rings (SSSR count). The minimum absolute atomic E-state index is 0.107. The number of ether oxygens (including phenoxy) is 1. The molecule has 1 fully saturated rings. The molecular formula is C14H18F2O2. The summed E-state index contributed by atoms with van der Waals surface area (Å²) in [5, 5.41) is 9.94. The normalized spacial score (nSPS) is 17.7. The summed E-state index contributed by atoms with van der Waals surface area (Å²) in [4.78, 5) is 0. The predicted molar refractivity (Wildman–Crippen MR) is 65.2 cm³/mol. The van der Waals surface area contributed by atoms with Crippen LogP contribution in [-0.4, -0.2) is 17.8 Å². The number of methoxy groups -OCH3 is 1. The average molecular weight is 256 g/mol. The molecule has 1 aliphatic carbocycles. The lowest BCUT2D eigenvalue weighted by Crippen LogP contribution is -2.15. The molecule has 0 unspecified atom stereocenters. The first-order valence-electron chi connectivity index (χ1n) is 6.03. The fourth-order valence-electron chi connectivity index (χ4n) is 2.22. The Morgan fingerprint density at radius 2 is 2.00 bits per heavy atom. The third-order valence-electron chi connectivity index (χ3n) is 3.33. The van der Waals surface area contributed by atoms with Crippen molar-refractivity contribution >= 4 is 0 Å². The van der Waals surface area contributed by atoms with E-state index in [1.165, 1.54) is 13.2 Å². The second-order valence-electron chi connectivity index (χ2n) is 5.29. The second kappa shape index (κ2) is 4.19. The summed E-state index contributed by atoms with van der Waals surface area (Å²) in [5.41, 5.74) is 0.589. The molecule has 1 saturated carbocycles. The van der Waals surface area contributed by atoms with Crippen molar-refractivity contribution in [3.8, 4) is 5.75 Å². The monoisotopic (exact) mass is 256 g/mol. The topological polar surface area (TPSA) is 29.5 Å². The molecule has 0 spiro atoms. The van der Waals surface area contributed by atoms with E-state index in [4.69, 9.17) is 4.74 Å². The van der Waals surface area contributed by atoms with Crippen molar-refractivity contribution < 1.29 is 18.6 Å². The number of rotatable bonds is 4. The Balaban J connectivity index is 2.47. The molecule has 0 amide bonds. The summed E-state index contributed by atoms with van der Waals surface area (Å²) in [6.45, 7) is 2.63. The highest BCUT2D eigenvalue weighted by Crippen LogP contribution is 2.43. The Labute approximate surface area is 106 Å². The molecule has 0 saturated heterocycles. The number of aryl methyl sites for hydroxylation is 1. The second-order valence-corrected chi connectivity index (χ2v) is 5.29. The minimum atomic E-state index is -2.95. The maximum absolute atomic E-state index is 13.6. The van der Waals surface area contributed by atoms with Crippen molar-refractivity contribution in [2.24, 2.45) is 0 Å². The van der Waals surface area contributed by atoms with E-state index in [9.17, 15) is 13.9 Å². The van der Waals surface area contributed by atoms with Gasteiger partial charge in [-0.1, -0.05) is 11.6 Å². The molecule has 0 heterocycles. The highest BCUT2D eigenvalue weighted by molar-refractivity contribution is 5.47. The van der Waals surface area contributed by atoms with Crippen molar-refractivity contribution in [2.75, 3.05) is 7.11 Å². The molecule has 4 heteroatoms. The Morgan fingerprint density at radius 1 is 1.39 bits per heavy atom. The molecule has 2 nitrogen and oxygen atoms in total. The smallest absolute Gasteiger partial charge is 0.274 e. The predicted octanol–water partition coefficient (Wildman–Crippen LogP) is 3.18. The lowest BCUT2D eigenvalue weighted by Gasteiger charge is -2.20. The maximum Gasteiger partial charge on any atom is 0.274 e.